The van der Waals surface area contributed by atoms with Crippen molar-refractivity contribution in [1.29, 1.82) is 0 Å². The number of anilines is 1. The van der Waals surface area contributed by atoms with Crippen LogP contribution < -0.4 is 10.1 Å². The monoisotopic (exact) mass is 364 g/mol. The number of phenolic OH excluding ortho intramolecular Hbond substituents is 1. The lowest BCUT2D eigenvalue weighted by Crippen LogP contribution is -2.41. The number of benzene rings is 2. The third kappa shape index (κ3) is 4.55. The summed E-state index contributed by atoms with van der Waals surface area (Å²) in [7, 11) is 1.51. The molecule has 0 aliphatic carbocycles. The molecule has 1 atom stereocenters. The molecule has 0 spiro atoms. The molecule has 0 bridgehead atoms. The molecule has 0 saturated carbocycles. The van der Waals surface area contributed by atoms with Crippen LogP contribution in [0, 0.1) is 5.82 Å². The van der Waals surface area contributed by atoms with Crippen molar-refractivity contribution >= 4 is 17.3 Å². The Bertz CT molecular complexity index is 741. The van der Waals surface area contributed by atoms with Crippen molar-refractivity contribution in [2.45, 2.75) is 25.4 Å². The minimum absolute atomic E-state index is 0.0304. The summed E-state index contributed by atoms with van der Waals surface area (Å²) in [6.07, 6.45) is 2.11. The van der Waals surface area contributed by atoms with Gasteiger partial charge in [0.2, 0.25) is 0 Å². The summed E-state index contributed by atoms with van der Waals surface area (Å²) in [5, 5.41) is 13.5. The molecule has 1 heterocycles. The van der Waals surface area contributed by atoms with Crippen LogP contribution in [0.5, 0.6) is 11.5 Å². The fourth-order valence-corrected chi connectivity index (χ4v) is 3.50. The van der Waals surface area contributed by atoms with Gasteiger partial charge >= 0.3 is 0 Å². The zero-order valence-corrected chi connectivity index (χ0v) is 14.9. The van der Waals surface area contributed by atoms with Crippen LogP contribution >= 0.6 is 11.6 Å². The maximum absolute atomic E-state index is 13.3. The molecule has 1 aliphatic rings. The van der Waals surface area contributed by atoms with Crippen LogP contribution in [0.4, 0.5) is 10.1 Å². The molecule has 0 radical (unpaired) electrons. The Morgan fingerprint density at radius 3 is 2.96 bits per heavy atom. The van der Waals surface area contributed by atoms with Gasteiger partial charge in [0.1, 0.15) is 5.82 Å². The van der Waals surface area contributed by atoms with Gasteiger partial charge in [-0.2, -0.15) is 0 Å². The van der Waals surface area contributed by atoms with Crippen molar-refractivity contribution < 1.29 is 14.2 Å². The number of hydrogen-bond acceptors (Lipinski definition) is 4. The third-order valence-electron chi connectivity index (χ3n) is 4.42. The van der Waals surface area contributed by atoms with E-state index in [1.165, 1.54) is 19.2 Å². The Morgan fingerprint density at radius 1 is 1.36 bits per heavy atom. The number of nitrogens with zero attached hydrogens (tertiary/aromatic N) is 1. The van der Waals surface area contributed by atoms with Gasteiger partial charge in [-0.25, -0.2) is 4.39 Å². The molecular weight excluding hydrogens is 343 g/mol. The fourth-order valence-electron chi connectivity index (χ4n) is 3.26. The number of methoxy groups -OCH3 is 1. The first-order valence-corrected chi connectivity index (χ1v) is 8.73. The lowest BCUT2D eigenvalue weighted by molar-refractivity contribution is 0.208. The smallest absolute Gasteiger partial charge is 0.176 e. The lowest BCUT2D eigenvalue weighted by Gasteiger charge is -2.33. The summed E-state index contributed by atoms with van der Waals surface area (Å²) in [5.74, 6) is 0.120. The molecule has 3 rings (SSSR count). The number of phenols is 1. The Balaban J connectivity index is 1.65. The second-order valence-electron chi connectivity index (χ2n) is 6.36. The molecule has 2 N–H and O–H groups in total. The summed E-state index contributed by atoms with van der Waals surface area (Å²) in [4.78, 5) is 2.32. The molecule has 1 aliphatic heterocycles. The van der Waals surface area contributed by atoms with E-state index in [9.17, 15) is 9.50 Å². The van der Waals surface area contributed by atoms with Crippen molar-refractivity contribution in [3.63, 3.8) is 0 Å². The SMILES string of the molecule is COc1cc(CN2CCC[C@H](Nc3cccc(F)c3)C2)cc(Cl)c1O. The van der Waals surface area contributed by atoms with E-state index < -0.39 is 0 Å². The van der Waals surface area contributed by atoms with E-state index in [-0.39, 0.29) is 17.6 Å². The van der Waals surface area contributed by atoms with Crippen molar-refractivity contribution in [3.8, 4) is 11.5 Å². The predicted octanol–water partition coefficient (Wildman–Crippen LogP) is 4.27. The molecule has 6 heteroatoms. The van der Waals surface area contributed by atoms with Gasteiger partial charge in [-0.05, 0) is 55.3 Å². The topological polar surface area (TPSA) is 44.7 Å². The Labute approximate surface area is 152 Å². The Hall–Kier alpha value is -1.98. The molecular formula is C19H22ClFN2O2. The van der Waals surface area contributed by atoms with E-state index in [0.29, 0.717) is 10.8 Å². The number of piperidine rings is 1. The van der Waals surface area contributed by atoms with Crippen molar-refractivity contribution in [3.05, 3.63) is 52.8 Å². The number of hydrogen-bond donors (Lipinski definition) is 2. The third-order valence-corrected chi connectivity index (χ3v) is 4.70. The van der Waals surface area contributed by atoms with Crippen LogP contribution in [-0.4, -0.2) is 36.2 Å². The zero-order valence-electron chi connectivity index (χ0n) is 14.1. The number of halogens is 2. The maximum Gasteiger partial charge on any atom is 0.176 e. The number of ether oxygens (including phenoxy) is 1. The van der Waals surface area contributed by atoms with Gasteiger partial charge in [-0.3, -0.25) is 4.90 Å². The first kappa shape index (κ1) is 17.8. The van der Waals surface area contributed by atoms with E-state index in [1.807, 2.05) is 12.1 Å². The molecule has 25 heavy (non-hydrogen) atoms. The van der Waals surface area contributed by atoms with E-state index in [1.54, 1.807) is 12.1 Å². The van der Waals surface area contributed by atoms with Crippen molar-refractivity contribution in [1.82, 2.24) is 4.90 Å². The van der Waals surface area contributed by atoms with Crippen LogP contribution in [-0.2, 0) is 6.54 Å². The Morgan fingerprint density at radius 2 is 2.20 bits per heavy atom. The molecule has 1 fully saturated rings. The molecule has 134 valence electrons. The minimum Gasteiger partial charge on any atom is -0.503 e. The molecule has 0 amide bonds. The molecule has 0 aromatic heterocycles. The van der Waals surface area contributed by atoms with Gasteiger partial charge < -0.3 is 15.2 Å². The highest BCUT2D eigenvalue weighted by atomic mass is 35.5. The van der Waals surface area contributed by atoms with Crippen LogP contribution in [0.25, 0.3) is 0 Å². The summed E-state index contributed by atoms with van der Waals surface area (Å²) >= 11 is 6.07. The van der Waals surface area contributed by atoms with Gasteiger partial charge in [-0.1, -0.05) is 17.7 Å². The van der Waals surface area contributed by atoms with Crippen LogP contribution in [0.1, 0.15) is 18.4 Å². The van der Waals surface area contributed by atoms with Crippen molar-refractivity contribution in [2.75, 3.05) is 25.5 Å². The van der Waals surface area contributed by atoms with E-state index in [0.717, 1.165) is 43.7 Å². The molecule has 4 nitrogen and oxygen atoms in total. The molecule has 0 unspecified atom stereocenters. The largest absolute Gasteiger partial charge is 0.503 e. The second-order valence-corrected chi connectivity index (χ2v) is 6.76. The van der Waals surface area contributed by atoms with Gasteiger partial charge in [0.05, 0.1) is 12.1 Å². The predicted molar refractivity (Wildman–Crippen MR) is 98.0 cm³/mol. The minimum atomic E-state index is -0.233. The van der Waals surface area contributed by atoms with Crippen LogP contribution in [0.15, 0.2) is 36.4 Å². The maximum atomic E-state index is 13.3. The van der Waals surface area contributed by atoms with E-state index in [4.69, 9.17) is 16.3 Å². The van der Waals surface area contributed by atoms with Gasteiger partial charge in [0, 0.05) is 24.8 Å². The number of likely N-dealkylation sites (tertiary alicyclic amines) is 1. The number of nitrogens with one attached hydrogen (secondary N) is 1. The molecule has 1 saturated heterocycles. The standard InChI is InChI=1S/C19H22ClFN2O2/c1-25-18-9-13(8-17(20)19(18)24)11-23-7-3-6-16(12-23)22-15-5-2-4-14(21)10-15/h2,4-5,8-10,16,22,24H,3,6-7,11-12H2,1H3/t16-/m0/s1. The summed E-state index contributed by atoms with van der Waals surface area (Å²) in [6.45, 7) is 2.57. The summed E-state index contributed by atoms with van der Waals surface area (Å²) in [5.41, 5.74) is 1.80. The summed E-state index contributed by atoms with van der Waals surface area (Å²) in [6, 6.07) is 10.4. The van der Waals surface area contributed by atoms with E-state index >= 15 is 0 Å². The summed E-state index contributed by atoms with van der Waals surface area (Å²) < 4.78 is 18.5. The second kappa shape index (κ2) is 7.93. The fraction of sp³-hybridized carbons (Fsp3) is 0.368. The van der Waals surface area contributed by atoms with Crippen LogP contribution in [0.3, 0.4) is 0 Å². The van der Waals surface area contributed by atoms with Crippen molar-refractivity contribution in [2.24, 2.45) is 0 Å². The quantitative estimate of drug-likeness (QED) is 0.831. The van der Waals surface area contributed by atoms with E-state index in [2.05, 4.69) is 10.2 Å². The molecule has 2 aromatic rings. The zero-order chi connectivity index (χ0) is 17.8. The first-order valence-electron chi connectivity index (χ1n) is 8.35. The number of rotatable bonds is 5. The lowest BCUT2D eigenvalue weighted by atomic mass is 10.0. The number of aromatic hydroxyl groups is 1. The average Bonchev–Trinajstić information content (AvgIpc) is 2.58. The Kier molecular flexibility index (Phi) is 5.66. The van der Waals surface area contributed by atoms with Gasteiger partial charge in [-0.15, -0.1) is 0 Å². The first-order chi connectivity index (χ1) is 12.0. The highest BCUT2D eigenvalue weighted by molar-refractivity contribution is 6.32. The van der Waals surface area contributed by atoms with Gasteiger partial charge in [0.15, 0.2) is 11.5 Å². The van der Waals surface area contributed by atoms with Gasteiger partial charge in [0.25, 0.3) is 0 Å². The highest BCUT2D eigenvalue weighted by Crippen LogP contribution is 2.35. The average molecular weight is 365 g/mol. The van der Waals surface area contributed by atoms with Crippen LogP contribution in [0.2, 0.25) is 5.02 Å². The normalized spacial score (nSPS) is 18.1. The molecule has 2 aromatic carbocycles. The highest BCUT2D eigenvalue weighted by Gasteiger charge is 2.21.